The maximum Gasteiger partial charge on any atom is 0.203 e. The average molecular weight is 252 g/mol. The molecule has 1 N–H and O–H groups in total. The largest absolute Gasteiger partial charge is 0.253 e. The van der Waals surface area contributed by atoms with E-state index in [4.69, 9.17) is 11.6 Å². The fourth-order valence-electron chi connectivity index (χ4n) is 1.12. The van der Waals surface area contributed by atoms with Crippen molar-refractivity contribution in [3.8, 4) is 0 Å². The topological polar surface area (TPSA) is 37.3 Å². The van der Waals surface area contributed by atoms with Crippen LogP contribution >= 0.6 is 22.9 Å². The SMILES string of the molecule is Cc1csc(N/N=C\c2ccc(Cl)cc2)n1. The van der Waals surface area contributed by atoms with Crippen molar-refractivity contribution < 1.29 is 0 Å². The average Bonchev–Trinajstić information content (AvgIpc) is 2.67. The lowest BCUT2D eigenvalue weighted by molar-refractivity contribution is 1.22. The number of halogens is 1. The van der Waals surface area contributed by atoms with E-state index in [1.807, 2.05) is 36.6 Å². The summed E-state index contributed by atoms with van der Waals surface area (Å²) in [6.45, 7) is 1.95. The smallest absolute Gasteiger partial charge is 0.203 e. The molecular weight excluding hydrogens is 242 g/mol. The third-order valence-corrected chi connectivity index (χ3v) is 2.98. The van der Waals surface area contributed by atoms with Crippen LogP contribution in [0.2, 0.25) is 5.02 Å². The fourth-order valence-corrected chi connectivity index (χ4v) is 1.88. The molecule has 0 spiro atoms. The number of hydrogen-bond donors (Lipinski definition) is 1. The second-order valence-corrected chi connectivity index (χ2v) is 4.51. The Hall–Kier alpha value is -1.39. The summed E-state index contributed by atoms with van der Waals surface area (Å²) in [5, 5.41) is 7.57. The molecule has 2 aromatic rings. The molecule has 0 unspecified atom stereocenters. The Kier molecular flexibility index (Phi) is 3.54. The highest BCUT2D eigenvalue weighted by Crippen LogP contribution is 2.14. The molecule has 0 atom stereocenters. The number of anilines is 1. The van der Waals surface area contributed by atoms with Gasteiger partial charge in [-0.1, -0.05) is 23.7 Å². The highest BCUT2D eigenvalue weighted by molar-refractivity contribution is 7.13. The Bertz CT molecular complexity index is 490. The lowest BCUT2D eigenvalue weighted by atomic mass is 10.2. The molecule has 1 heterocycles. The number of hydrogen-bond acceptors (Lipinski definition) is 4. The molecule has 0 amide bonds. The van der Waals surface area contributed by atoms with Crippen LogP contribution in [0.3, 0.4) is 0 Å². The molecule has 0 aliphatic rings. The van der Waals surface area contributed by atoms with Crippen molar-refractivity contribution in [2.24, 2.45) is 5.10 Å². The summed E-state index contributed by atoms with van der Waals surface area (Å²) >= 11 is 7.31. The zero-order valence-electron chi connectivity index (χ0n) is 8.64. The van der Waals surface area contributed by atoms with Crippen LogP contribution in [-0.4, -0.2) is 11.2 Å². The highest BCUT2D eigenvalue weighted by atomic mass is 35.5. The number of thiazole rings is 1. The van der Waals surface area contributed by atoms with E-state index in [0.29, 0.717) is 0 Å². The molecule has 82 valence electrons. The molecule has 0 saturated heterocycles. The normalized spacial score (nSPS) is 10.9. The first-order valence-corrected chi connectivity index (χ1v) is 5.96. The molecule has 1 aromatic carbocycles. The maximum atomic E-state index is 5.78. The molecular formula is C11H10ClN3S. The van der Waals surface area contributed by atoms with Crippen molar-refractivity contribution >= 4 is 34.3 Å². The Balaban J connectivity index is 1.97. The summed E-state index contributed by atoms with van der Waals surface area (Å²) in [6, 6.07) is 7.47. The van der Waals surface area contributed by atoms with Crippen LogP contribution in [0.4, 0.5) is 5.13 Å². The lowest BCUT2D eigenvalue weighted by Gasteiger charge is -1.94. The van der Waals surface area contributed by atoms with E-state index in [1.54, 1.807) is 6.21 Å². The Morgan fingerprint density at radius 3 is 2.75 bits per heavy atom. The predicted molar refractivity (Wildman–Crippen MR) is 69.5 cm³/mol. The maximum absolute atomic E-state index is 5.78. The summed E-state index contributed by atoms with van der Waals surface area (Å²) in [6.07, 6.45) is 1.73. The summed E-state index contributed by atoms with van der Waals surface area (Å²) in [5.41, 5.74) is 4.86. The van der Waals surface area contributed by atoms with Crippen LogP contribution in [-0.2, 0) is 0 Å². The molecule has 0 saturated carbocycles. The van der Waals surface area contributed by atoms with Gasteiger partial charge in [0.15, 0.2) is 0 Å². The van der Waals surface area contributed by atoms with Crippen LogP contribution in [0.5, 0.6) is 0 Å². The van der Waals surface area contributed by atoms with Crippen LogP contribution in [0.1, 0.15) is 11.3 Å². The van der Waals surface area contributed by atoms with Crippen LogP contribution in [0, 0.1) is 6.92 Å². The van der Waals surface area contributed by atoms with Gasteiger partial charge in [-0.2, -0.15) is 5.10 Å². The number of hydrazone groups is 1. The molecule has 5 heteroatoms. The summed E-state index contributed by atoms with van der Waals surface area (Å²) < 4.78 is 0. The van der Waals surface area contributed by atoms with Crippen molar-refractivity contribution in [2.75, 3.05) is 5.43 Å². The number of nitrogens with zero attached hydrogens (tertiary/aromatic N) is 2. The van der Waals surface area contributed by atoms with Gasteiger partial charge in [0, 0.05) is 10.4 Å². The fraction of sp³-hybridized carbons (Fsp3) is 0.0909. The van der Waals surface area contributed by atoms with Crippen LogP contribution in [0.25, 0.3) is 0 Å². The van der Waals surface area contributed by atoms with Crippen molar-refractivity contribution in [3.63, 3.8) is 0 Å². The van der Waals surface area contributed by atoms with E-state index >= 15 is 0 Å². The van der Waals surface area contributed by atoms with E-state index in [0.717, 1.165) is 21.4 Å². The van der Waals surface area contributed by atoms with Crippen molar-refractivity contribution in [2.45, 2.75) is 6.92 Å². The minimum Gasteiger partial charge on any atom is -0.253 e. The number of benzene rings is 1. The standard InChI is InChI=1S/C11H10ClN3S/c1-8-7-16-11(14-8)15-13-6-9-2-4-10(12)5-3-9/h2-7H,1H3,(H,14,15)/b13-6-. The second-order valence-electron chi connectivity index (χ2n) is 3.22. The zero-order valence-corrected chi connectivity index (χ0v) is 10.2. The third-order valence-electron chi connectivity index (χ3n) is 1.86. The highest BCUT2D eigenvalue weighted by Gasteiger charge is 1.94. The van der Waals surface area contributed by atoms with Gasteiger partial charge in [-0.15, -0.1) is 11.3 Å². The molecule has 0 radical (unpaired) electrons. The van der Waals surface area contributed by atoms with Gasteiger partial charge in [-0.05, 0) is 24.6 Å². The monoisotopic (exact) mass is 251 g/mol. The van der Waals surface area contributed by atoms with Gasteiger partial charge in [-0.3, -0.25) is 5.43 Å². The number of rotatable bonds is 3. The molecule has 0 bridgehead atoms. The van der Waals surface area contributed by atoms with Crippen molar-refractivity contribution in [1.29, 1.82) is 0 Å². The minimum atomic E-state index is 0.723. The quantitative estimate of drug-likeness (QED) is 0.669. The number of nitrogens with one attached hydrogen (secondary N) is 1. The molecule has 3 nitrogen and oxygen atoms in total. The second kappa shape index (κ2) is 5.09. The molecule has 0 fully saturated rings. The van der Waals surface area contributed by atoms with E-state index in [9.17, 15) is 0 Å². The van der Waals surface area contributed by atoms with Crippen LogP contribution in [0.15, 0.2) is 34.7 Å². The summed E-state index contributed by atoms with van der Waals surface area (Å²) in [5.74, 6) is 0. The predicted octanol–water partition coefficient (Wildman–Crippen LogP) is 3.55. The molecule has 16 heavy (non-hydrogen) atoms. The van der Waals surface area contributed by atoms with Crippen molar-refractivity contribution in [3.05, 3.63) is 45.9 Å². The Labute approximate surface area is 103 Å². The van der Waals surface area contributed by atoms with Gasteiger partial charge in [0.05, 0.1) is 11.9 Å². The summed E-state index contributed by atoms with van der Waals surface area (Å²) in [4.78, 5) is 4.23. The molecule has 1 aromatic heterocycles. The first-order chi connectivity index (χ1) is 7.74. The van der Waals surface area contributed by atoms with Gasteiger partial charge in [-0.25, -0.2) is 4.98 Å². The van der Waals surface area contributed by atoms with Crippen molar-refractivity contribution in [1.82, 2.24) is 4.98 Å². The van der Waals surface area contributed by atoms with E-state index in [1.165, 1.54) is 11.3 Å². The van der Waals surface area contributed by atoms with E-state index < -0.39 is 0 Å². The molecule has 0 aliphatic carbocycles. The zero-order chi connectivity index (χ0) is 11.4. The number of aryl methyl sites for hydroxylation is 1. The Morgan fingerprint density at radius 2 is 2.12 bits per heavy atom. The Morgan fingerprint density at radius 1 is 1.38 bits per heavy atom. The van der Waals surface area contributed by atoms with Gasteiger partial charge in [0.25, 0.3) is 0 Å². The third kappa shape index (κ3) is 3.05. The van der Waals surface area contributed by atoms with E-state index in [-0.39, 0.29) is 0 Å². The van der Waals surface area contributed by atoms with Gasteiger partial charge < -0.3 is 0 Å². The summed E-state index contributed by atoms with van der Waals surface area (Å²) in [7, 11) is 0. The molecule has 2 rings (SSSR count). The van der Waals surface area contributed by atoms with Crippen LogP contribution < -0.4 is 5.43 Å². The van der Waals surface area contributed by atoms with Gasteiger partial charge >= 0.3 is 0 Å². The van der Waals surface area contributed by atoms with Gasteiger partial charge in [0.1, 0.15) is 0 Å². The molecule has 0 aliphatic heterocycles. The van der Waals surface area contributed by atoms with E-state index in [2.05, 4.69) is 15.5 Å². The number of aromatic nitrogens is 1. The first-order valence-electron chi connectivity index (χ1n) is 4.71. The first kappa shape index (κ1) is 11.1. The minimum absolute atomic E-state index is 0.723. The van der Waals surface area contributed by atoms with Gasteiger partial charge in [0.2, 0.25) is 5.13 Å². The lowest BCUT2D eigenvalue weighted by Crippen LogP contribution is -1.89.